The second-order valence-electron chi connectivity index (χ2n) is 6.24. The quantitative estimate of drug-likeness (QED) is 0.124. The summed E-state index contributed by atoms with van der Waals surface area (Å²) in [5, 5.41) is 11.5. The fourth-order valence-electron chi connectivity index (χ4n) is 1.83. The third-order valence-corrected chi connectivity index (χ3v) is 3.11. The summed E-state index contributed by atoms with van der Waals surface area (Å²) in [5.74, 6) is 0.0834. The van der Waals surface area contributed by atoms with Gasteiger partial charge in [-0.3, -0.25) is 4.99 Å². The van der Waals surface area contributed by atoms with Gasteiger partial charge in [-0.25, -0.2) is 0 Å². The Bertz CT molecular complexity index is 260. The number of nitrogens with zero attached hydrogens (tertiary/aromatic N) is 2. The summed E-state index contributed by atoms with van der Waals surface area (Å²) in [6, 6.07) is 0. The first-order chi connectivity index (χ1) is 8.95. The van der Waals surface area contributed by atoms with Crippen LogP contribution in [0.5, 0.6) is 0 Å². The van der Waals surface area contributed by atoms with E-state index >= 15 is 0 Å². The van der Waals surface area contributed by atoms with E-state index in [0.717, 1.165) is 30.3 Å². The molecule has 120 valence electrons. The minimum absolute atomic E-state index is 0. The molecular formula is C16H33IN2O. The van der Waals surface area contributed by atoms with Crippen molar-refractivity contribution in [2.45, 2.75) is 51.4 Å². The smallest absolute Gasteiger partial charge is 0.0978 e. The van der Waals surface area contributed by atoms with Crippen LogP contribution in [0.4, 0.5) is 0 Å². The maximum atomic E-state index is 11.5. The Kier molecular flexibility index (Phi) is 15.4. The molecule has 0 aromatic carbocycles. The second-order valence-corrected chi connectivity index (χ2v) is 6.24. The summed E-state index contributed by atoms with van der Waals surface area (Å²) in [7, 11) is 6.35. The largest absolute Gasteiger partial charge is 0.862 e. The zero-order valence-corrected chi connectivity index (χ0v) is 15.9. The monoisotopic (exact) mass is 396 g/mol. The highest BCUT2D eigenvalue weighted by Gasteiger charge is 2.03. The summed E-state index contributed by atoms with van der Waals surface area (Å²) in [6.45, 7) is 5.30. The topological polar surface area (TPSA) is 35.4 Å². The normalized spacial score (nSPS) is 12.1. The molecule has 0 rings (SSSR count). The van der Waals surface area contributed by atoms with Gasteiger partial charge in [0.25, 0.3) is 0 Å². The Morgan fingerprint density at radius 1 is 1.05 bits per heavy atom. The molecule has 0 aromatic heterocycles. The first kappa shape index (κ1) is 22.2. The third-order valence-electron chi connectivity index (χ3n) is 3.11. The molecule has 0 saturated heterocycles. The van der Waals surface area contributed by atoms with Crippen molar-refractivity contribution in [3.8, 4) is 0 Å². The number of hydrogen-bond donors (Lipinski definition) is 0. The molecule has 0 N–H and O–H groups in total. The molecular weight excluding hydrogens is 363 g/mol. The van der Waals surface area contributed by atoms with Gasteiger partial charge in [-0.05, 0) is 31.6 Å². The standard InChI is InChI=1S/C16H32N2O.HI/c1-5-6-7-8-9-10-11-12-13-16(19)17-14-15-18(2,3)4;/h5H,1,6-15H2,2-4H3;1H. The molecule has 0 aliphatic heterocycles. The fraction of sp³-hybridized carbons (Fsp3) is 0.812. The van der Waals surface area contributed by atoms with E-state index in [1.165, 1.54) is 25.7 Å². The first-order valence-corrected chi connectivity index (χ1v) is 7.57. The summed E-state index contributed by atoms with van der Waals surface area (Å²) >= 11 is 0. The Balaban J connectivity index is 0. The van der Waals surface area contributed by atoms with Crippen LogP contribution in [0.2, 0.25) is 0 Å². The Morgan fingerprint density at radius 2 is 1.60 bits per heavy atom. The average Bonchev–Trinajstić information content (AvgIpc) is 2.31. The SMILES string of the molecule is C=CCCCCCCCCC([O-])=NCC[N+](C)(C)C.I. The number of unbranched alkanes of at least 4 members (excludes halogenated alkanes) is 6. The van der Waals surface area contributed by atoms with Gasteiger partial charge >= 0.3 is 0 Å². The molecule has 0 saturated carbocycles. The Hall–Kier alpha value is -0.100. The molecule has 0 unspecified atom stereocenters. The van der Waals surface area contributed by atoms with Gasteiger partial charge in [0.05, 0.1) is 34.2 Å². The van der Waals surface area contributed by atoms with E-state index < -0.39 is 0 Å². The number of quaternary nitrogens is 1. The van der Waals surface area contributed by atoms with Crippen molar-refractivity contribution in [2.75, 3.05) is 34.2 Å². The Morgan fingerprint density at radius 3 is 2.15 bits per heavy atom. The molecule has 0 aliphatic rings. The highest BCUT2D eigenvalue weighted by atomic mass is 127. The molecule has 0 atom stereocenters. The van der Waals surface area contributed by atoms with E-state index in [9.17, 15) is 5.11 Å². The maximum absolute atomic E-state index is 11.5. The molecule has 0 spiro atoms. The van der Waals surface area contributed by atoms with Crippen molar-refractivity contribution < 1.29 is 9.59 Å². The predicted octanol–water partition coefficient (Wildman–Crippen LogP) is 3.38. The molecule has 0 fully saturated rings. The molecule has 0 heterocycles. The average molecular weight is 396 g/mol. The van der Waals surface area contributed by atoms with Crippen molar-refractivity contribution >= 4 is 29.9 Å². The van der Waals surface area contributed by atoms with Gasteiger partial charge in [0.15, 0.2) is 0 Å². The van der Waals surface area contributed by atoms with Gasteiger partial charge in [-0.15, -0.1) is 30.6 Å². The van der Waals surface area contributed by atoms with Crippen LogP contribution in [0.1, 0.15) is 51.4 Å². The number of hydrogen-bond acceptors (Lipinski definition) is 2. The number of aliphatic imine (C=N–C) groups is 1. The number of likely N-dealkylation sites (N-methyl/N-ethyl adjacent to an activating group) is 1. The van der Waals surface area contributed by atoms with Crippen LogP contribution in [0.3, 0.4) is 0 Å². The van der Waals surface area contributed by atoms with E-state index in [2.05, 4.69) is 32.7 Å². The van der Waals surface area contributed by atoms with E-state index in [-0.39, 0.29) is 29.9 Å². The highest BCUT2D eigenvalue weighted by Crippen LogP contribution is 2.08. The van der Waals surface area contributed by atoms with Crippen LogP contribution in [0.15, 0.2) is 17.6 Å². The van der Waals surface area contributed by atoms with Crippen molar-refractivity contribution in [2.24, 2.45) is 4.99 Å². The van der Waals surface area contributed by atoms with Crippen LogP contribution in [-0.4, -0.2) is 44.6 Å². The minimum atomic E-state index is 0. The molecule has 20 heavy (non-hydrogen) atoms. The molecule has 0 amide bonds. The maximum Gasteiger partial charge on any atom is 0.0978 e. The van der Waals surface area contributed by atoms with Crippen LogP contribution < -0.4 is 5.11 Å². The highest BCUT2D eigenvalue weighted by molar-refractivity contribution is 14.0. The van der Waals surface area contributed by atoms with E-state index in [1.54, 1.807) is 0 Å². The molecule has 0 aliphatic carbocycles. The number of halogens is 1. The summed E-state index contributed by atoms with van der Waals surface area (Å²) in [5.41, 5.74) is 0. The molecule has 4 heteroatoms. The summed E-state index contributed by atoms with van der Waals surface area (Å²) in [6.07, 6.45) is 10.9. The van der Waals surface area contributed by atoms with Crippen molar-refractivity contribution in [1.29, 1.82) is 0 Å². The van der Waals surface area contributed by atoms with Gasteiger partial charge in [0, 0.05) is 0 Å². The lowest BCUT2D eigenvalue weighted by molar-refractivity contribution is -0.868. The zero-order chi connectivity index (χ0) is 14.6. The van der Waals surface area contributed by atoms with Gasteiger partial charge < -0.3 is 9.59 Å². The Labute approximate surface area is 142 Å². The van der Waals surface area contributed by atoms with E-state index in [4.69, 9.17) is 0 Å². The first-order valence-electron chi connectivity index (χ1n) is 7.57. The number of allylic oxidation sites excluding steroid dienone is 1. The van der Waals surface area contributed by atoms with Gasteiger partial charge in [-0.2, -0.15) is 0 Å². The lowest BCUT2D eigenvalue weighted by atomic mass is 10.1. The van der Waals surface area contributed by atoms with Gasteiger partial charge in [0.1, 0.15) is 0 Å². The lowest BCUT2D eigenvalue weighted by Gasteiger charge is -2.23. The molecule has 0 radical (unpaired) electrons. The van der Waals surface area contributed by atoms with Crippen molar-refractivity contribution in [1.82, 2.24) is 0 Å². The van der Waals surface area contributed by atoms with Crippen molar-refractivity contribution in [3.63, 3.8) is 0 Å². The van der Waals surface area contributed by atoms with E-state index in [0.29, 0.717) is 13.0 Å². The van der Waals surface area contributed by atoms with Crippen LogP contribution in [0.25, 0.3) is 0 Å². The fourth-order valence-corrected chi connectivity index (χ4v) is 1.83. The minimum Gasteiger partial charge on any atom is -0.862 e. The molecule has 0 aromatic rings. The molecule has 3 nitrogen and oxygen atoms in total. The predicted molar refractivity (Wildman–Crippen MR) is 97.7 cm³/mol. The lowest BCUT2D eigenvalue weighted by Crippen LogP contribution is -2.37. The van der Waals surface area contributed by atoms with E-state index in [1.807, 2.05) is 6.08 Å². The van der Waals surface area contributed by atoms with Crippen LogP contribution in [0, 0.1) is 0 Å². The van der Waals surface area contributed by atoms with Crippen LogP contribution >= 0.6 is 24.0 Å². The van der Waals surface area contributed by atoms with Crippen LogP contribution in [-0.2, 0) is 0 Å². The zero-order valence-electron chi connectivity index (χ0n) is 13.6. The summed E-state index contributed by atoms with van der Waals surface area (Å²) in [4.78, 5) is 4.10. The van der Waals surface area contributed by atoms with Gasteiger partial charge in [0.2, 0.25) is 0 Å². The van der Waals surface area contributed by atoms with Crippen molar-refractivity contribution in [3.05, 3.63) is 12.7 Å². The third kappa shape index (κ3) is 17.9. The number of rotatable bonds is 12. The van der Waals surface area contributed by atoms with Gasteiger partial charge in [-0.1, -0.05) is 31.8 Å². The second kappa shape index (κ2) is 13.9. The summed E-state index contributed by atoms with van der Waals surface area (Å²) < 4.78 is 0.863. The molecule has 0 bridgehead atoms.